The Bertz CT molecular complexity index is 723. The molecule has 1 heterocycles. The molecule has 2 aromatic carbocycles. The van der Waals surface area contributed by atoms with Crippen LogP contribution >= 0.6 is 23.5 Å². The van der Waals surface area contributed by atoms with E-state index in [2.05, 4.69) is 16.1 Å². The number of fused-ring (bicyclic) bond motifs is 1. The van der Waals surface area contributed by atoms with Crippen LogP contribution in [0.2, 0.25) is 5.02 Å². The Morgan fingerprint density at radius 2 is 2.00 bits per heavy atom. The largest absolute Gasteiger partial charge is 0.497 e. The molecule has 0 unspecified atom stereocenters. The predicted molar refractivity (Wildman–Crippen MR) is 81.2 cm³/mol. The molecule has 0 radical (unpaired) electrons. The van der Waals surface area contributed by atoms with Crippen molar-refractivity contribution in [3.05, 3.63) is 59.8 Å². The van der Waals surface area contributed by atoms with E-state index in [0.717, 1.165) is 26.6 Å². The van der Waals surface area contributed by atoms with E-state index in [9.17, 15) is 0 Å². The summed E-state index contributed by atoms with van der Waals surface area (Å²) < 4.78 is 7.36. The molecule has 96 valence electrons. The van der Waals surface area contributed by atoms with Gasteiger partial charge in [-0.1, -0.05) is 17.7 Å². The average molecular weight is 290 g/mol. The van der Waals surface area contributed by atoms with Crippen molar-refractivity contribution in [2.75, 3.05) is 7.11 Å². The first-order valence-corrected chi connectivity index (χ1v) is 7.00. The first kappa shape index (κ1) is 12.5. The topological polar surface area (TPSA) is 14.2 Å². The SMILES string of the molecule is COc1cccc(Sn2ccc3cc(Cl)ccc32)c1. The van der Waals surface area contributed by atoms with Crippen LogP contribution in [-0.4, -0.2) is 11.1 Å². The van der Waals surface area contributed by atoms with Gasteiger partial charge in [-0.3, -0.25) is 3.97 Å². The van der Waals surface area contributed by atoms with Gasteiger partial charge in [-0.05, 0) is 54.4 Å². The van der Waals surface area contributed by atoms with Crippen molar-refractivity contribution in [3.8, 4) is 5.75 Å². The molecule has 0 aliphatic rings. The van der Waals surface area contributed by atoms with Gasteiger partial charge in [-0.2, -0.15) is 0 Å². The van der Waals surface area contributed by atoms with Crippen molar-refractivity contribution in [1.29, 1.82) is 0 Å². The number of nitrogens with zero attached hydrogens (tertiary/aromatic N) is 1. The molecular formula is C15H12ClNOS. The molecule has 2 nitrogen and oxygen atoms in total. The van der Waals surface area contributed by atoms with E-state index in [4.69, 9.17) is 16.3 Å². The van der Waals surface area contributed by atoms with Crippen LogP contribution in [0, 0.1) is 0 Å². The minimum atomic E-state index is 0.761. The van der Waals surface area contributed by atoms with Gasteiger partial charge in [0.15, 0.2) is 0 Å². The van der Waals surface area contributed by atoms with Crippen LogP contribution in [-0.2, 0) is 0 Å². The normalized spacial score (nSPS) is 10.8. The number of benzene rings is 2. The molecule has 4 heteroatoms. The second-order valence-corrected chi connectivity index (χ2v) is 5.60. The van der Waals surface area contributed by atoms with Crippen LogP contribution in [0.15, 0.2) is 59.6 Å². The zero-order chi connectivity index (χ0) is 13.2. The minimum Gasteiger partial charge on any atom is -0.497 e. The zero-order valence-corrected chi connectivity index (χ0v) is 11.9. The molecule has 3 rings (SSSR count). The molecule has 0 saturated carbocycles. The lowest BCUT2D eigenvalue weighted by atomic mass is 10.2. The Balaban J connectivity index is 1.96. The molecule has 0 bridgehead atoms. The maximum absolute atomic E-state index is 6.00. The summed E-state index contributed by atoms with van der Waals surface area (Å²) in [7, 11) is 1.68. The minimum absolute atomic E-state index is 0.761. The van der Waals surface area contributed by atoms with Crippen LogP contribution in [0.5, 0.6) is 5.75 Å². The highest BCUT2D eigenvalue weighted by atomic mass is 35.5. The Morgan fingerprint density at radius 1 is 1.11 bits per heavy atom. The highest BCUT2D eigenvalue weighted by molar-refractivity contribution is 7.98. The molecule has 0 atom stereocenters. The Kier molecular flexibility index (Phi) is 3.40. The Labute approximate surface area is 121 Å². The second-order valence-electron chi connectivity index (χ2n) is 4.11. The van der Waals surface area contributed by atoms with Crippen molar-refractivity contribution in [3.63, 3.8) is 0 Å². The molecule has 0 aliphatic carbocycles. The number of hydrogen-bond acceptors (Lipinski definition) is 2. The third-order valence-electron chi connectivity index (χ3n) is 2.86. The molecule has 3 aromatic rings. The standard InChI is InChI=1S/C15H12ClNOS/c1-18-13-3-2-4-14(10-13)19-17-8-7-11-9-12(16)5-6-15(11)17/h2-10H,1H3. The highest BCUT2D eigenvalue weighted by Crippen LogP contribution is 2.29. The summed E-state index contributed by atoms with van der Waals surface area (Å²) in [5.74, 6) is 0.865. The third-order valence-corrected chi connectivity index (χ3v) is 4.08. The summed E-state index contributed by atoms with van der Waals surface area (Å²) in [5, 5.41) is 1.90. The summed E-state index contributed by atoms with van der Waals surface area (Å²) >= 11 is 7.65. The van der Waals surface area contributed by atoms with Crippen LogP contribution in [0.3, 0.4) is 0 Å². The van der Waals surface area contributed by atoms with Gasteiger partial charge in [-0.15, -0.1) is 0 Å². The number of hydrogen-bond donors (Lipinski definition) is 0. The lowest BCUT2D eigenvalue weighted by Crippen LogP contribution is -1.86. The van der Waals surface area contributed by atoms with Crippen LogP contribution in [0.4, 0.5) is 0 Å². The van der Waals surface area contributed by atoms with Crippen LogP contribution in [0.1, 0.15) is 0 Å². The van der Waals surface area contributed by atoms with Gasteiger partial charge in [0.1, 0.15) is 5.75 Å². The lowest BCUT2D eigenvalue weighted by molar-refractivity contribution is 0.413. The van der Waals surface area contributed by atoms with E-state index in [0.29, 0.717) is 0 Å². The van der Waals surface area contributed by atoms with E-state index < -0.39 is 0 Å². The molecule has 19 heavy (non-hydrogen) atoms. The van der Waals surface area contributed by atoms with E-state index in [-0.39, 0.29) is 0 Å². The van der Waals surface area contributed by atoms with Crippen LogP contribution in [0.25, 0.3) is 10.9 Å². The number of halogens is 1. The quantitative estimate of drug-likeness (QED) is 0.683. The van der Waals surface area contributed by atoms with Gasteiger partial charge in [0, 0.05) is 21.5 Å². The molecule has 0 fully saturated rings. The maximum atomic E-state index is 6.00. The van der Waals surface area contributed by atoms with E-state index in [1.807, 2.05) is 42.6 Å². The van der Waals surface area contributed by atoms with E-state index in [1.165, 1.54) is 0 Å². The van der Waals surface area contributed by atoms with Crippen molar-refractivity contribution in [2.45, 2.75) is 4.90 Å². The molecule has 0 spiro atoms. The molecule has 0 N–H and O–H groups in total. The third kappa shape index (κ3) is 2.57. The maximum Gasteiger partial charge on any atom is 0.120 e. The van der Waals surface area contributed by atoms with Gasteiger partial charge in [0.2, 0.25) is 0 Å². The van der Waals surface area contributed by atoms with Crippen molar-refractivity contribution in [1.82, 2.24) is 3.97 Å². The first-order valence-electron chi connectivity index (χ1n) is 5.85. The lowest BCUT2D eigenvalue weighted by Gasteiger charge is -2.06. The highest BCUT2D eigenvalue weighted by Gasteiger charge is 2.04. The molecular weight excluding hydrogens is 278 g/mol. The molecule has 0 saturated heterocycles. The Morgan fingerprint density at radius 3 is 2.84 bits per heavy atom. The van der Waals surface area contributed by atoms with E-state index >= 15 is 0 Å². The predicted octanol–water partition coefficient (Wildman–Crippen LogP) is 4.86. The second kappa shape index (κ2) is 5.19. The van der Waals surface area contributed by atoms with Gasteiger partial charge < -0.3 is 4.74 Å². The summed E-state index contributed by atoms with van der Waals surface area (Å²) in [5.41, 5.74) is 1.15. The van der Waals surface area contributed by atoms with Crippen molar-refractivity contribution < 1.29 is 4.74 Å². The summed E-state index contributed by atoms with van der Waals surface area (Å²) in [6.45, 7) is 0. The number of rotatable bonds is 3. The van der Waals surface area contributed by atoms with Crippen LogP contribution < -0.4 is 4.74 Å². The summed E-state index contributed by atoms with van der Waals surface area (Å²) in [6.07, 6.45) is 2.05. The van der Waals surface area contributed by atoms with Gasteiger partial charge in [0.25, 0.3) is 0 Å². The van der Waals surface area contributed by atoms with Gasteiger partial charge >= 0.3 is 0 Å². The summed E-state index contributed by atoms with van der Waals surface area (Å²) in [4.78, 5) is 1.13. The molecule has 1 aromatic heterocycles. The van der Waals surface area contributed by atoms with Crippen molar-refractivity contribution >= 4 is 34.5 Å². The molecule has 0 amide bonds. The average Bonchev–Trinajstić information content (AvgIpc) is 2.81. The van der Waals surface area contributed by atoms with Gasteiger partial charge in [-0.25, -0.2) is 0 Å². The number of ether oxygens (including phenoxy) is 1. The Hall–Kier alpha value is -1.58. The fourth-order valence-electron chi connectivity index (χ4n) is 1.94. The number of methoxy groups -OCH3 is 1. The number of aromatic nitrogens is 1. The first-order chi connectivity index (χ1) is 9.26. The zero-order valence-electron chi connectivity index (χ0n) is 10.3. The van der Waals surface area contributed by atoms with Gasteiger partial charge in [0.05, 0.1) is 12.6 Å². The summed E-state index contributed by atoms with van der Waals surface area (Å²) in [6, 6.07) is 16.0. The fourth-order valence-corrected chi connectivity index (χ4v) is 3.04. The van der Waals surface area contributed by atoms with Crippen molar-refractivity contribution in [2.24, 2.45) is 0 Å². The smallest absolute Gasteiger partial charge is 0.120 e. The van der Waals surface area contributed by atoms with E-state index in [1.54, 1.807) is 19.1 Å². The monoisotopic (exact) mass is 289 g/mol. The fraction of sp³-hybridized carbons (Fsp3) is 0.0667. The molecule has 0 aliphatic heterocycles.